The smallest absolute Gasteiger partial charge is 0.240 e. The molecule has 0 aliphatic carbocycles. The number of carbonyl (C=O) groups excluding carboxylic acids is 1. The van der Waals surface area contributed by atoms with Crippen molar-refractivity contribution < 1.29 is 17.9 Å². The summed E-state index contributed by atoms with van der Waals surface area (Å²) >= 11 is 0. The minimum Gasteiger partial charge on any atom is -0.381 e. The highest BCUT2D eigenvalue weighted by molar-refractivity contribution is 7.89. The number of sulfonamides is 1. The van der Waals surface area contributed by atoms with Gasteiger partial charge >= 0.3 is 0 Å². The molecule has 0 radical (unpaired) electrons. The Balaban J connectivity index is 2.76. The minimum atomic E-state index is -3.85. The molecule has 0 unspecified atom stereocenters. The van der Waals surface area contributed by atoms with Crippen molar-refractivity contribution in [2.45, 2.75) is 18.2 Å². The summed E-state index contributed by atoms with van der Waals surface area (Å²) in [5.41, 5.74) is 0.182. The SMILES string of the molecule is CCOCCC(=O)Nc1ccccc1S(N)(=O)=O. The maximum atomic E-state index is 11.5. The van der Waals surface area contributed by atoms with Gasteiger partial charge in [-0.05, 0) is 19.1 Å². The van der Waals surface area contributed by atoms with Gasteiger partial charge in [-0.15, -0.1) is 0 Å². The van der Waals surface area contributed by atoms with Crippen molar-refractivity contribution in [2.75, 3.05) is 18.5 Å². The van der Waals surface area contributed by atoms with E-state index in [1.165, 1.54) is 18.2 Å². The number of carbonyl (C=O) groups is 1. The second-order valence-corrected chi connectivity index (χ2v) is 5.07. The van der Waals surface area contributed by atoms with Crippen LogP contribution in [0.25, 0.3) is 0 Å². The van der Waals surface area contributed by atoms with Crippen LogP contribution >= 0.6 is 0 Å². The van der Waals surface area contributed by atoms with Gasteiger partial charge in [0.05, 0.1) is 18.7 Å². The fourth-order valence-electron chi connectivity index (χ4n) is 1.34. The molecule has 100 valence electrons. The van der Waals surface area contributed by atoms with E-state index in [0.717, 1.165) is 0 Å². The number of hydrogen-bond donors (Lipinski definition) is 2. The molecule has 0 aliphatic heterocycles. The predicted molar refractivity (Wildman–Crippen MR) is 67.6 cm³/mol. The molecule has 0 spiro atoms. The van der Waals surface area contributed by atoms with Crippen LogP contribution in [0.15, 0.2) is 29.2 Å². The number of anilines is 1. The standard InChI is InChI=1S/C11H16N2O4S/c1-2-17-8-7-11(14)13-9-5-3-4-6-10(9)18(12,15)16/h3-6H,2,7-8H2,1H3,(H,13,14)(H2,12,15,16). The summed E-state index contributed by atoms with van der Waals surface area (Å²) in [5, 5.41) is 7.55. The summed E-state index contributed by atoms with van der Waals surface area (Å²) in [6.45, 7) is 2.65. The van der Waals surface area contributed by atoms with E-state index in [1.54, 1.807) is 6.07 Å². The van der Waals surface area contributed by atoms with Gasteiger partial charge < -0.3 is 10.1 Å². The number of benzene rings is 1. The lowest BCUT2D eigenvalue weighted by Gasteiger charge is -2.09. The first-order chi connectivity index (χ1) is 8.45. The fourth-order valence-corrected chi connectivity index (χ4v) is 2.03. The zero-order valence-corrected chi connectivity index (χ0v) is 10.9. The number of nitrogens with one attached hydrogen (secondary N) is 1. The Bertz CT molecular complexity index is 514. The van der Waals surface area contributed by atoms with Crippen molar-refractivity contribution >= 4 is 21.6 Å². The van der Waals surface area contributed by atoms with Crippen molar-refractivity contribution in [3.05, 3.63) is 24.3 Å². The molecule has 0 aromatic heterocycles. The number of hydrogen-bond acceptors (Lipinski definition) is 4. The maximum absolute atomic E-state index is 11.5. The number of nitrogens with two attached hydrogens (primary N) is 1. The summed E-state index contributed by atoms with van der Waals surface area (Å²) in [7, 11) is -3.85. The highest BCUT2D eigenvalue weighted by Crippen LogP contribution is 2.19. The molecule has 6 nitrogen and oxygen atoms in total. The predicted octanol–water partition coefficient (Wildman–Crippen LogP) is 0.699. The monoisotopic (exact) mass is 272 g/mol. The molecule has 1 aromatic carbocycles. The van der Waals surface area contributed by atoms with E-state index < -0.39 is 10.0 Å². The summed E-state index contributed by atoms with van der Waals surface area (Å²) in [6.07, 6.45) is 0.160. The first-order valence-electron chi connectivity index (χ1n) is 5.44. The molecule has 1 amide bonds. The topological polar surface area (TPSA) is 98.5 Å². The van der Waals surface area contributed by atoms with E-state index in [1.807, 2.05) is 6.92 Å². The number of primary sulfonamides is 1. The van der Waals surface area contributed by atoms with Gasteiger partial charge in [-0.2, -0.15) is 0 Å². The van der Waals surface area contributed by atoms with Gasteiger partial charge in [0.2, 0.25) is 15.9 Å². The number of amides is 1. The molecule has 0 fully saturated rings. The third-order valence-corrected chi connectivity index (χ3v) is 3.11. The van der Waals surface area contributed by atoms with Crippen LogP contribution in [0.4, 0.5) is 5.69 Å². The Morgan fingerprint density at radius 3 is 2.67 bits per heavy atom. The summed E-state index contributed by atoms with van der Waals surface area (Å²) in [6, 6.07) is 5.98. The third kappa shape index (κ3) is 4.44. The first kappa shape index (κ1) is 14.6. The second kappa shape index (κ2) is 6.48. The van der Waals surface area contributed by atoms with Gasteiger partial charge in [-0.25, -0.2) is 13.6 Å². The molecule has 18 heavy (non-hydrogen) atoms. The highest BCUT2D eigenvalue weighted by Gasteiger charge is 2.14. The fraction of sp³-hybridized carbons (Fsp3) is 0.364. The Hall–Kier alpha value is -1.44. The summed E-state index contributed by atoms with van der Waals surface area (Å²) < 4.78 is 27.6. The average molecular weight is 272 g/mol. The largest absolute Gasteiger partial charge is 0.381 e. The first-order valence-corrected chi connectivity index (χ1v) is 6.99. The number of ether oxygens (including phenoxy) is 1. The lowest BCUT2D eigenvalue weighted by atomic mass is 10.3. The Labute approximate surface area is 106 Å². The highest BCUT2D eigenvalue weighted by atomic mass is 32.2. The lowest BCUT2D eigenvalue weighted by Crippen LogP contribution is -2.19. The van der Waals surface area contributed by atoms with Crippen molar-refractivity contribution in [2.24, 2.45) is 5.14 Å². The van der Waals surface area contributed by atoms with Crippen molar-refractivity contribution in [1.29, 1.82) is 0 Å². The molecule has 0 saturated carbocycles. The van der Waals surface area contributed by atoms with E-state index in [4.69, 9.17) is 9.88 Å². The Morgan fingerprint density at radius 2 is 2.06 bits per heavy atom. The molecule has 0 bridgehead atoms. The normalized spacial score (nSPS) is 11.2. The molecule has 0 saturated heterocycles. The quantitative estimate of drug-likeness (QED) is 0.745. The van der Waals surface area contributed by atoms with E-state index >= 15 is 0 Å². The molecule has 7 heteroatoms. The number of rotatable bonds is 6. The molecular weight excluding hydrogens is 256 g/mol. The van der Waals surface area contributed by atoms with Crippen molar-refractivity contribution in [1.82, 2.24) is 0 Å². The van der Waals surface area contributed by atoms with Crippen LogP contribution < -0.4 is 10.5 Å². The van der Waals surface area contributed by atoms with Gasteiger partial charge in [0.1, 0.15) is 4.90 Å². The van der Waals surface area contributed by atoms with Crippen molar-refractivity contribution in [3.63, 3.8) is 0 Å². The van der Waals surface area contributed by atoms with Gasteiger partial charge in [0, 0.05) is 6.61 Å². The molecule has 0 aliphatic rings. The second-order valence-electron chi connectivity index (χ2n) is 3.54. The van der Waals surface area contributed by atoms with Gasteiger partial charge in [0.25, 0.3) is 0 Å². The van der Waals surface area contributed by atoms with E-state index in [2.05, 4.69) is 5.32 Å². The summed E-state index contributed by atoms with van der Waals surface area (Å²) in [5.74, 6) is -0.320. The van der Waals surface area contributed by atoms with Crippen LogP contribution in [-0.4, -0.2) is 27.5 Å². The lowest BCUT2D eigenvalue weighted by molar-refractivity contribution is -0.117. The van der Waals surface area contributed by atoms with Crippen LogP contribution in [0.3, 0.4) is 0 Å². The minimum absolute atomic E-state index is 0.102. The zero-order chi connectivity index (χ0) is 13.6. The molecule has 0 atom stereocenters. The molecule has 0 heterocycles. The van der Waals surface area contributed by atoms with Gasteiger partial charge in [-0.1, -0.05) is 12.1 Å². The zero-order valence-electron chi connectivity index (χ0n) is 10.0. The van der Waals surface area contributed by atoms with Crippen molar-refractivity contribution in [3.8, 4) is 0 Å². The van der Waals surface area contributed by atoms with Crippen LogP contribution in [0.1, 0.15) is 13.3 Å². The van der Waals surface area contributed by atoms with Crippen LogP contribution in [0.2, 0.25) is 0 Å². The van der Waals surface area contributed by atoms with E-state index in [0.29, 0.717) is 13.2 Å². The molecule has 1 aromatic rings. The molecule has 3 N–H and O–H groups in total. The summed E-state index contributed by atoms with van der Waals surface area (Å²) in [4.78, 5) is 11.4. The van der Waals surface area contributed by atoms with Gasteiger partial charge in [-0.3, -0.25) is 4.79 Å². The molecular formula is C11H16N2O4S. The van der Waals surface area contributed by atoms with Crippen LogP contribution in [-0.2, 0) is 19.6 Å². The van der Waals surface area contributed by atoms with Crippen LogP contribution in [0, 0.1) is 0 Å². The Morgan fingerprint density at radius 1 is 1.39 bits per heavy atom. The Kier molecular flexibility index (Phi) is 5.26. The third-order valence-electron chi connectivity index (χ3n) is 2.15. The maximum Gasteiger partial charge on any atom is 0.240 e. The average Bonchev–Trinajstić information content (AvgIpc) is 2.28. The van der Waals surface area contributed by atoms with E-state index in [-0.39, 0.29) is 22.9 Å². The number of para-hydroxylation sites is 1. The van der Waals surface area contributed by atoms with Gasteiger partial charge in [0.15, 0.2) is 0 Å². The van der Waals surface area contributed by atoms with E-state index in [9.17, 15) is 13.2 Å². The molecule has 1 rings (SSSR count). The van der Waals surface area contributed by atoms with Crippen LogP contribution in [0.5, 0.6) is 0 Å².